The molecule has 1 aromatic rings. The van der Waals surface area contributed by atoms with E-state index < -0.39 is 0 Å². The first kappa shape index (κ1) is 14.9. The normalized spacial score (nSPS) is 11.7. The van der Waals surface area contributed by atoms with Gasteiger partial charge in [0.15, 0.2) is 0 Å². The molecule has 0 aliphatic carbocycles. The zero-order valence-corrected chi connectivity index (χ0v) is 11.8. The first-order chi connectivity index (χ1) is 8.32. The van der Waals surface area contributed by atoms with Gasteiger partial charge in [-0.1, -0.05) is 0 Å². The Morgan fingerprint density at radius 2 is 2.00 bits per heavy atom. The maximum atomic E-state index is 8.96. The molecule has 0 atom stereocenters. The highest BCUT2D eigenvalue weighted by molar-refractivity contribution is 6.28. The van der Waals surface area contributed by atoms with Crippen LogP contribution in [0.1, 0.15) is 34.1 Å². The smallest absolute Gasteiger partial charge is 0.322 e. The minimum atomic E-state index is -0.339. The topological polar surface area (TPSA) is 80.2 Å². The molecule has 102 valence electrons. The predicted octanol–water partition coefficient (Wildman–Crippen LogP) is 1.89. The molecule has 18 heavy (non-hydrogen) atoms. The number of anilines is 1. The maximum absolute atomic E-state index is 8.96. The lowest BCUT2D eigenvalue weighted by atomic mass is 10.0. The van der Waals surface area contributed by atoms with Gasteiger partial charge < -0.3 is 15.2 Å². The number of aliphatic hydroxyl groups is 1. The van der Waals surface area contributed by atoms with Crippen molar-refractivity contribution in [2.45, 2.75) is 45.8 Å². The van der Waals surface area contributed by atoms with E-state index in [2.05, 4.69) is 20.3 Å². The number of aliphatic hydroxyl groups excluding tert-OH is 1. The average molecular weight is 275 g/mol. The number of hydrogen-bond donors (Lipinski definition) is 2. The quantitative estimate of drug-likeness (QED) is 0.824. The van der Waals surface area contributed by atoms with Crippen LogP contribution < -0.4 is 10.1 Å². The van der Waals surface area contributed by atoms with Crippen LogP contribution in [0, 0.1) is 0 Å². The van der Waals surface area contributed by atoms with Crippen molar-refractivity contribution in [3.63, 3.8) is 0 Å². The Morgan fingerprint density at radius 3 is 2.56 bits per heavy atom. The number of ether oxygens (including phenoxy) is 1. The van der Waals surface area contributed by atoms with Gasteiger partial charge in [-0.05, 0) is 45.7 Å². The zero-order chi connectivity index (χ0) is 13.8. The largest absolute Gasteiger partial charge is 0.461 e. The van der Waals surface area contributed by atoms with Gasteiger partial charge in [0.2, 0.25) is 11.2 Å². The fraction of sp³-hybridized carbons (Fsp3) is 0.727. The van der Waals surface area contributed by atoms with Crippen molar-refractivity contribution in [1.29, 1.82) is 0 Å². The van der Waals surface area contributed by atoms with Crippen LogP contribution in [0.3, 0.4) is 0 Å². The van der Waals surface area contributed by atoms with Gasteiger partial charge in [0.25, 0.3) is 0 Å². The number of hydrogen-bond acceptors (Lipinski definition) is 6. The predicted molar refractivity (Wildman–Crippen MR) is 70.0 cm³/mol. The van der Waals surface area contributed by atoms with E-state index in [4.69, 9.17) is 21.4 Å². The second kappa shape index (κ2) is 6.15. The lowest BCUT2D eigenvalue weighted by Gasteiger charge is -2.25. The Morgan fingerprint density at radius 1 is 1.33 bits per heavy atom. The molecule has 1 aromatic heterocycles. The Hall–Kier alpha value is -1.14. The molecular formula is C11H19ClN4O2. The van der Waals surface area contributed by atoms with Crippen molar-refractivity contribution in [3.8, 4) is 6.01 Å². The average Bonchev–Trinajstić information content (AvgIpc) is 2.13. The van der Waals surface area contributed by atoms with Gasteiger partial charge in [-0.3, -0.25) is 0 Å². The van der Waals surface area contributed by atoms with E-state index in [9.17, 15) is 0 Å². The summed E-state index contributed by atoms with van der Waals surface area (Å²) in [5.74, 6) is 0.337. The monoisotopic (exact) mass is 274 g/mol. The fourth-order valence-corrected chi connectivity index (χ4v) is 1.45. The number of nitrogens with one attached hydrogen (secondary N) is 1. The fourth-order valence-electron chi connectivity index (χ4n) is 1.30. The van der Waals surface area contributed by atoms with E-state index in [1.165, 1.54) is 0 Å². The summed E-state index contributed by atoms with van der Waals surface area (Å²) in [4.78, 5) is 12.0. The number of halogens is 1. The Labute approximate surface area is 112 Å². The molecule has 1 rings (SSSR count). The minimum absolute atomic E-state index is 0.0400. The summed E-state index contributed by atoms with van der Waals surface area (Å²) >= 11 is 5.81. The second-order valence-electron chi connectivity index (χ2n) is 4.86. The molecule has 0 spiro atoms. The molecule has 0 saturated carbocycles. The van der Waals surface area contributed by atoms with Gasteiger partial charge in [0.1, 0.15) is 0 Å². The molecule has 7 heteroatoms. The molecule has 0 unspecified atom stereocenters. The van der Waals surface area contributed by atoms with E-state index in [0.29, 0.717) is 12.4 Å². The molecule has 6 nitrogen and oxygen atoms in total. The van der Waals surface area contributed by atoms with Crippen LogP contribution in [0.2, 0.25) is 5.28 Å². The van der Waals surface area contributed by atoms with Crippen molar-refractivity contribution in [2.24, 2.45) is 0 Å². The Bertz CT molecular complexity index is 399. The zero-order valence-electron chi connectivity index (χ0n) is 11.1. The molecule has 0 amide bonds. The third-order valence-electron chi connectivity index (χ3n) is 2.12. The van der Waals surface area contributed by atoms with Crippen molar-refractivity contribution in [1.82, 2.24) is 15.0 Å². The SMILES string of the molecule is CC(C)Oc1nc(Cl)nc(NC(C)(C)CCO)n1. The molecule has 2 N–H and O–H groups in total. The van der Waals surface area contributed by atoms with E-state index in [1.54, 1.807) is 0 Å². The molecule has 0 radical (unpaired) electrons. The molecule has 0 bridgehead atoms. The number of nitrogens with zero attached hydrogens (tertiary/aromatic N) is 3. The second-order valence-corrected chi connectivity index (χ2v) is 5.20. The third-order valence-corrected chi connectivity index (χ3v) is 2.28. The van der Waals surface area contributed by atoms with E-state index in [1.807, 2.05) is 27.7 Å². The summed E-state index contributed by atoms with van der Waals surface area (Å²) in [6, 6.07) is 0.187. The summed E-state index contributed by atoms with van der Waals surface area (Å²) in [5.41, 5.74) is -0.339. The molecule has 0 fully saturated rings. The van der Waals surface area contributed by atoms with Gasteiger partial charge in [-0.15, -0.1) is 0 Å². The first-order valence-corrected chi connectivity index (χ1v) is 6.17. The van der Waals surface area contributed by atoms with Gasteiger partial charge in [0.05, 0.1) is 6.10 Å². The van der Waals surface area contributed by atoms with Gasteiger partial charge >= 0.3 is 6.01 Å². The van der Waals surface area contributed by atoms with Crippen molar-refractivity contribution >= 4 is 17.5 Å². The number of rotatable bonds is 6. The minimum Gasteiger partial charge on any atom is -0.461 e. The van der Waals surface area contributed by atoms with Crippen LogP contribution in [0.25, 0.3) is 0 Å². The summed E-state index contributed by atoms with van der Waals surface area (Å²) in [6.07, 6.45) is 0.526. The van der Waals surface area contributed by atoms with E-state index in [-0.39, 0.29) is 29.5 Å². The summed E-state index contributed by atoms with van der Waals surface area (Å²) < 4.78 is 5.37. The maximum Gasteiger partial charge on any atom is 0.322 e. The molecule has 0 aromatic carbocycles. The van der Waals surface area contributed by atoms with Crippen LogP contribution in [-0.4, -0.2) is 38.3 Å². The van der Waals surface area contributed by atoms with Crippen molar-refractivity contribution in [3.05, 3.63) is 5.28 Å². The molecule has 0 aliphatic rings. The standard InChI is InChI=1S/C11H19ClN4O2/c1-7(2)18-10-14-8(12)13-9(15-10)16-11(3,4)5-6-17/h7,17H,5-6H2,1-4H3,(H,13,14,15,16). The molecule has 1 heterocycles. The highest BCUT2D eigenvalue weighted by Crippen LogP contribution is 2.18. The summed E-state index contributed by atoms with van der Waals surface area (Å²) in [7, 11) is 0. The van der Waals surface area contributed by atoms with Crippen LogP contribution >= 0.6 is 11.6 Å². The van der Waals surface area contributed by atoms with Gasteiger partial charge in [0, 0.05) is 12.1 Å². The van der Waals surface area contributed by atoms with Crippen LogP contribution in [-0.2, 0) is 0 Å². The lowest BCUT2D eigenvalue weighted by Crippen LogP contribution is -2.33. The molecule has 0 saturated heterocycles. The Balaban J connectivity index is 2.85. The Kier molecular flexibility index (Phi) is 5.10. The molecule has 0 aliphatic heterocycles. The lowest BCUT2D eigenvalue weighted by molar-refractivity contribution is 0.221. The van der Waals surface area contributed by atoms with Crippen LogP contribution in [0.4, 0.5) is 5.95 Å². The van der Waals surface area contributed by atoms with Gasteiger partial charge in [-0.2, -0.15) is 15.0 Å². The molecular weight excluding hydrogens is 256 g/mol. The van der Waals surface area contributed by atoms with Gasteiger partial charge in [-0.25, -0.2) is 0 Å². The van der Waals surface area contributed by atoms with E-state index in [0.717, 1.165) is 0 Å². The third kappa shape index (κ3) is 5.01. The number of aromatic nitrogens is 3. The summed E-state index contributed by atoms with van der Waals surface area (Å²) in [5, 5.41) is 12.1. The van der Waals surface area contributed by atoms with Crippen LogP contribution in [0.15, 0.2) is 0 Å². The van der Waals surface area contributed by atoms with Crippen molar-refractivity contribution in [2.75, 3.05) is 11.9 Å². The van der Waals surface area contributed by atoms with Crippen LogP contribution in [0.5, 0.6) is 6.01 Å². The highest BCUT2D eigenvalue weighted by atomic mass is 35.5. The highest BCUT2D eigenvalue weighted by Gasteiger charge is 2.19. The first-order valence-electron chi connectivity index (χ1n) is 5.79. The summed E-state index contributed by atoms with van der Waals surface area (Å²) in [6.45, 7) is 7.70. The van der Waals surface area contributed by atoms with Crippen molar-refractivity contribution < 1.29 is 9.84 Å². The van der Waals surface area contributed by atoms with E-state index >= 15 is 0 Å².